The maximum absolute atomic E-state index is 14.1. The third-order valence-corrected chi connectivity index (χ3v) is 5.71. The quantitative estimate of drug-likeness (QED) is 0.611. The zero-order valence-electron chi connectivity index (χ0n) is 16.5. The summed E-state index contributed by atoms with van der Waals surface area (Å²) >= 11 is 0. The van der Waals surface area contributed by atoms with Crippen LogP contribution in [-0.2, 0) is 9.31 Å². The summed E-state index contributed by atoms with van der Waals surface area (Å²) in [4.78, 5) is 6.07. The molecule has 26 heavy (non-hydrogen) atoms. The summed E-state index contributed by atoms with van der Waals surface area (Å²) in [5.41, 5.74) is -0.628. The second-order valence-corrected chi connectivity index (χ2v) is 9.14. The van der Waals surface area contributed by atoms with E-state index in [9.17, 15) is 9.65 Å². The molecule has 3 rings (SSSR count). The predicted molar refractivity (Wildman–Crippen MR) is 99.6 cm³/mol. The lowest BCUT2D eigenvalue weighted by Crippen LogP contribution is -2.49. The molecule has 0 aromatic carbocycles. The lowest BCUT2D eigenvalue weighted by Gasteiger charge is -2.42. The Kier molecular flexibility index (Phi) is 4.57. The molecule has 0 atom stereocenters. The first-order chi connectivity index (χ1) is 11.9. The summed E-state index contributed by atoms with van der Waals surface area (Å²) in [5.74, 6) is 0.490. The van der Waals surface area contributed by atoms with Crippen molar-refractivity contribution in [3.8, 4) is 6.07 Å². The molecule has 0 spiro atoms. The highest BCUT2D eigenvalue weighted by atomic mass is 19.1. The second-order valence-electron chi connectivity index (χ2n) is 9.14. The van der Waals surface area contributed by atoms with Gasteiger partial charge >= 0.3 is 7.12 Å². The molecule has 1 aromatic heterocycles. The van der Waals surface area contributed by atoms with Crippen LogP contribution in [0.15, 0.2) is 12.1 Å². The van der Waals surface area contributed by atoms with Gasteiger partial charge in [-0.2, -0.15) is 9.65 Å². The van der Waals surface area contributed by atoms with Gasteiger partial charge in [0.15, 0.2) is 0 Å². The van der Waals surface area contributed by atoms with E-state index in [1.165, 1.54) is 6.07 Å². The monoisotopic (exact) mass is 359 g/mol. The zero-order chi connectivity index (χ0) is 19.3. The molecule has 0 radical (unpaired) electrons. The normalized spacial score (nSPS) is 22.2. The number of nitriles is 1. The van der Waals surface area contributed by atoms with Crippen LogP contribution in [0.1, 0.15) is 48.0 Å². The van der Waals surface area contributed by atoms with Crippen molar-refractivity contribution in [2.24, 2.45) is 11.3 Å². The van der Waals surface area contributed by atoms with Crippen LogP contribution in [0.25, 0.3) is 0 Å². The van der Waals surface area contributed by atoms with Crippen molar-refractivity contribution in [3.63, 3.8) is 0 Å². The van der Waals surface area contributed by atoms with Crippen LogP contribution in [0, 0.1) is 28.6 Å². The highest BCUT2D eigenvalue weighted by molar-refractivity contribution is 6.62. The molecule has 5 nitrogen and oxygen atoms in total. The van der Waals surface area contributed by atoms with Crippen LogP contribution in [0.5, 0.6) is 0 Å². The average Bonchev–Trinajstić information content (AvgIpc) is 2.70. The molecule has 0 N–H and O–H groups in total. The Morgan fingerprint density at radius 1 is 1.27 bits per heavy atom. The van der Waals surface area contributed by atoms with E-state index in [1.807, 2.05) is 52.5 Å². The lowest BCUT2D eigenvalue weighted by atomic mass is 9.78. The van der Waals surface area contributed by atoms with Gasteiger partial charge in [-0.05, 0) is 71.5 Å². The number of anilines is 1. The standard InChI is InChI=1S/C19H27BFN3O2/c1-17(2,12-22)9-13-10-24(11-13)16-8-14(7-15(21)23-16)20-25-18(3,4)19(5,6)26-20/h7-8,13H,9-11H2,1-6H3. The number of aromatic nitrogens is 1. The Morgan fingerprint density at radius 2 is 1.85 bits per heavy atom. The highest BCUT2D eigenvalue weighted by Gasteiger charge is 2.52. The van der Waals surface area contributed by atoms with Gasteiger partial charge < -0.3 is 14.2 Å². The molecular formula is C19H27BFN3O2. The molecule has 0 aliphatic carbocycles. The van der Waals surface area contributed by atoms with E-state index in [-0.39, 0.29) is 5.41 Å². The predicted octanol–water partition coefficient (Wildman–Crippen LogP) is 2.90. The fraction of sp³-hybridized carbons (Fsp3) is 0.684. The Bertz CT molecular complexity index is 723. The number of hydrogen-bond donors (Lipinski definition) is 0. The first kappa shape index (κ1) is 19.1. The summed E-state index contributed by atoms with van der Waals surface area (Å²) in [7, 11) is -0.606. The van der Waals surface area contributed by atoms with Gasteiger partial charge in [0.1, 0.15) is 5.82 Å². The van der Waals surface area contributed by atoms with Gasteiger partial charge in [0.2, 0.25) is 5.95 Å². The third-order valence-electron chi connectivity index (χ3n) is 5.71. The SMILES string of the molecule is CC(C)(C#N)CC1CN(c2cc(B3OC(C)(C)C(C)(C)O3)cc(F)n2)C1. The van der Waals surface area contributed by atoms with Crippen molar-refractivity contribution < 1.29 is 13.7 Å². The van der Waals surface area contributed by atoms with Crippen molar-refractivity contribution in [2.45, 2.75) is 59.2 Å². The first-order valence-electron chi connectivity index (χ1n) is 9.12. The van der Waals surface area contributed by atoms with E-state index >= 15 is 0 Å². The van der Waals surface area contributed by atoms with Crippen LogP contribution >= 0.6 is 0 Å². The van der Waals surface area contributed by atoms with Crippen molar-refractivity contribution in [1.82, 2.24) is 4.98 Å². The molecule has 2 fully saturated rings. The minimum absolute atomic E-state index is 0.333. The molecule has 0 amide bonds. The maximum Gasteiger partial charge on any atom is 0.495 e. The van der Waals surface area contributed by atoms with Gasteiger partial charge in [0.05, 0.1) is 22.7 Å². The Labute approximate surface area is 155 Å². The molecule has 2 aliphatic heterocycles. The molecule has 0 saturated carbocycles. The molecule has 7 heteroatoms. The van der Waals surface area contributed by atoms with E-state index in [0.29, 0.717) is 17.2 Å². The molecule has 1 aromatic rings. The lowest BCUT2D eigenvalue weighted by molar-refractivity contribution is 0.00578. The molecule has 0 bridgehead atoms. The fourth-order valence-electron chi connectivity index (χ4n) is 3.43. The largest absolute Gasteiger partial charge is 0.495 e. The van der Waals surface area contributed by atoms with Crippen LogP contribution in [-0.4, -0.2) is 36.4 Å². The molecule has 0 unspecified atom stereocenters. The molecule has 140 valence electrons. The van der Waals surface area contributed by atoms with Crippen LogP contribution < -0.4 is 10.4 Å². The van der Waals surface area contributed by atoms with Crippen LogP contribution in [0.4, 0.5) is 10.2 Å². The van der Waals surface area contributed by atoms with Gasteiger partial charge in [0.25, 0.3) is 0 Å². The van der Waals surface area contributed by atoms with Crippen molar-refractivity contribution >= 4 is 18.4 Å². The number of hydrogen-bond acceptors (Lipinski definition) is 5. The Hall–Kier alpha value is -1.65. The minimum atomic E-state index is -0.606. The summed E-state index contributed by atoms with van der Waals surface area (Å²) in [5, 5.41) is 9.17. The maximum atomic E-state index is 14.1. The second kappa shape index (κ2) is 6.21. The summed E-state index contributed by atoms with van der Waals surface area (Å²) in [6.45, 7) is 13.4. The van der Waals surface area contributed by atoms with Gasteiger partial charge in [-0.15, -0.1) is 0 Å². The van der Waals surface area contributed by atoms with E-state index in [4.69, 9.17) is 9.31 Å². The van der Waals surface area contributed by atoms with E-state index in [0.717, 1.165) is 19.5 Å². The topological polar surface area (TPSA) is 58.4 Å². The number of rotatable bonds is 4. The van der Waals surface area contributed by atoms with Crippen molar-refractivity contribution in [3.05, 3.63) is 18.1 Å². The van der Waals surface area contributed by atoms with Crippen LogP contribution in [0.3, 0.4) is 0 Å². The smallest absolute Gasteiger partial charge is 0.399 e. The third kappa shape index (κ3) is 3.58. The van der Waals surface area contributed by atoms with E-state index in [1.54, 1.807) is 0 Å². The van der Waals surface area contributed by atoms with Crippen LogP contribution in [0.2, 0.25) is 0 Å². The van der Waals surface area contributed by atoms with Crippen molar-refractivity contribution in [1.29, 1.82) is 5.26 Å². The average molecular weight is 359 g/mol. The number of pyridine rings is 1. The molecule has 3 heterocycles. The van der Waals surface area contributed by atoms with E-state index < -0.39 is 24.3 Å². The molecule has 2 saturated heterocycles. The summed E-state index contributed by atoms with van der Waals surface area (Å²) < 4.78 is 26.2. The summed E-state index contributed by atoms with van der Waals surface area (Å²) in [6.07, 6.45) is 0.833. The number of nitrogens with zero attached hydrogens (tertiary/aromatic N) is 3. The van der Waals surface area contributed by atoms with Gasteiger partial charge in [-0.3, -0.25) is 0 Å². The summed E-state index contributed by atoms with van der Waals surface area (Å²) in [6, 6.07) is 5.56. The Morgan fingerprint density at radius 3 is 2.38 bits per heavy atom. The fourth-order valence-corrected chi connectivity index (χ4v) is 3.43. The Balaban J connectivity index is 1.72. The number of halogens is 1. The van der Waals surface area contributed by atoms with Gasteiger partial charge in [0, 0.05) is 13.1 Å². The minimum Gasteiger partial charge on any atom is -0.399 e. The van der Waals surface area contributed by atoms with Crippen molar-refractivity contribution in [2.75, 3.05) is 18.0 Å². The molecular weight excluding hydrogens is 332 g/mol. The highest BCUT2D eigenvalue weighted by Crippen LogP contribution is 2.37. The van der Waals surface area contributed by atoms with Gasteiger partial charge in [-0.25, -0.2) is 4.98 Å². The molecule has 2 aliphatic rings. The van der Waals surface area contributed by atoms with Gasteiger partial charge in [-0.1, -0.05) is 0 Å². The van der Waals surface area contributed by atoms with E-state index in [2.05, 4.69) is 11.1 Å². The zero-order valence-corrected chi connectivity index (χ0v) is 16.5. The first-order valence-corrected chi connectivity index (χ1v) is 9.12.